The molecule has 1 heterocycles. The predicted octanol–water partition coefficient (Wildman–Crippen LogP) is 2.56. The number of methoxy groups -OCH3 is 1. The molecule has 0 aliphatic carbocycles. The monoisotopic (exact) mass is 346 g/mol. The van der Waals surface area contributed by atoms with Gasteiger partial charge in [-0.3, -0.25) is 4.72 Å². The van der Waals surface area contributed by atoms with Crippen molar-refractivity contribution in [3.05, 3.63) is 59.8 Å². The minimum Gasteiger partial charge on any atom is -0.465 e. The van der Waals surface area contributed by atoms with Crippen molar-refractivity contribution in [1.82, 2.24) is 5.16 Å². The summed E-state index contributed by atoms with van der Waals surface area (Å²) in [6.07, 6.45) is 0. The van der Waals surface area contributed by atoms with Gasteiger partial charge in [0.1, 0.15) is 11.4 Å². The van der Waals surface area contributed by atoms with Gasteiger partial charge in [-0.05, 0) is 36.4 Å². The van der Waals surface area contributed by atoms with Gasteiger partial charge in [0, 0.05) is 11.1 Å². The van der Waals surface area contributed by atoms with Crippen LogP contribution in [0.25, 0.3) is 11.0 Å². The summed E-state index contributed by atoms with van der Waals surface area (Å²) in [6.45, 7) is 0. The first-order valence-corrected chi connectivity index (χ1v) is 8.66. The summed E-state index contributed by atoms with van der Waals surface area (Å²) in [5.41, 5.74) is 1.55. The average molecular weight is 346 g/mol. The van der Waals surface area contributed by atoms with Crippen molar-refractivity contribution in [1.29, 1.82) is 0 Å². The molecule has 2 aromatic carbocycles. The lowest BCUT2D eigenvalue weighted by molar-refractivity contribution is 0.0601. The zero-order chi connectivity index (χ0) is 17.2. The van der Waals surface area contributed by atoms with Gasteiger partial charge in [0.25, 0.3) is 0 Å². The van der Waals surface area contributed by atoms with Crippen molar-refractivity contribution >= 4 is 32.6 Å². The highest BCUT2D eigenvalue weighted by Gasteiger charge is 2.17. The molecule has 0 radical (unpaired) electrons. The normalized spacial score (nSPS) is 11.4. The zero-order valence-corrected chi connectivity index (χ0v) is 13.5. The van der Waals surface area contributed by atoms with Crippen LogP contribution in [0.3, 0.4) is 0 Å². The smallest absolute Gasteiger partial charge is 0.337 e. The lowest BCUT2D eigenvalue weighted by atomic mass is 10.2. The zero-order valence-electron chi connectivity index (χ0n) is 12.7. The highest BCUT2D eigenvalue weighted by Crippen LogP contribution is 2.21. The van der Waals surface area contributed by atoms with Gasteiger partial charge >= 0.3 is 5.97 Å². The van der Waals surface area contributed by atoms with Crippen LogP contribution in [-0.2, 0) is 20.5 Å². The summed E-state index contributed by atoms with van der Waals surface area (Å²) in [5, 5.41) is 4.47. The van der Waals surface area contributed by atoms with Gasteiger partial charge in [0.2, 0.25) is 10.0 Å². The molecule has 1 N–H and O–H groups in total. The van der Waals surface area contributed by atoms with Crippen LogP contribution >= 0.6 is 0 Å². The van der Waals surface area contributed by atoms with Crippen molar-refractivity contribution in [3.63, 3.8) is 0 Å². The van der Waals surface area contributed by atoms with E-state index in [0.717, 1.165) is 0 Å². The standard InChI is InChI=1S/C16H14N2O5S/c1-22-16(19)11-6-8-12(9-7-11)18-24(20,21)10-14-13-4-2-3-5-15(13)23-17-14/h2-9,18H,10H2,1H3. The van der Waals surface area contributed by atoms with Crippen LogP contribution in [-0.4, -0.2) is 26.7 Å². The number of esters is 1. The van der Waals surface area contributed by atoms with Gasteiger partial charge in [-0.2, -0.15) is 0 Å². The molecule has 124 valence electrons. The van der Waals surface area contributed by atoms with Gasteiger partial charge in [0.05, 0.1) is 12.7 Å². The number of nitrogens with zero attached hydrogens (tertiary/aromatic N) is 1. The molecule has 8 heteroatoms. The molecule has 0 fully saturated rings. The Hall–Kier alpha value is -2.87. The van der Waals surface area contributed by atoms with Gasteiger partial charge in [-0.25, -0.2) is 13.2 Å². The van der Waals surface area contributed by atoms with Gasteiger partial charge in [0.15, 0.2) is 5.58 Å². The van der Waals surface area contributed by atoms with Crippen LogP contribution in [0, 0.1) is 0 Å². The highest BCUT2D eigenvalue weighted by atomic mass is 32.2. The Morgan fingerprint density at radius 2 is 1.88 bits per heavy atom. The van der Waals surface area contributed by atoms with E-state index in [1.807, 2.05) is 0 Å². The molecule has 0 saturated carbocycles. The lowest BCUT2D eigenvalue weighted by Gasteiger charge is -2.07. The Morgan fingerprint density at radius 3 is 2.58 bits per heavy atom. The molecule has 0 spiro atoms. The first-order valence-electron chi connectivity index (χ1n) is 7.01. The number of anilines is 1. The van der Waals surface area contributed by atoms with Crippen molar-refractivity contribution in [2.45, 2.75) is 5.75 Å². The fourth-order valence-electron chi connectivity index (χ4n) is 2.23. The average Bonchev–Trinajstić information content (AvgIpc) is 2.97. The molecule has 0 atom stereocenters. The van der Waals surface area contributed by atoms with E-state index in [1.54, 1.807) is 24.3 Å². The number of para-hydroxylation sites is 1. The molecular weight excluding hydrogens is 332 g/mol. The van der Waals surface area contributed by atoms with E-state index in [9.17, 15) is 13.2 Å². The number of fused-ring (bicyclic) bond motifs is 1. The quantitative estimate of drug-likeness (QED) is 0.713. The second kappa shape index (κ2) is 6.32. The van der Waals surface area contributed by atoms with Crippen LogP contribution in [0.5, 0.6) is 0 Å². The van der Waals surface area contributed by atoms with E-state index in [-0.39, 0.29) is 5.75 Å². The summed E-state index contributed by atoms with van der Waals surface area (Å²) in [4.78, 5) is 11.4. The minimum absolute atomic E-state index is 0.317. The fraction of sp³-hybridized carbons (Fsp3) is 0.125. The molecule has 0 amide bonds. The predicted molar refractivity (Wildman–Crippen MR) is 88.0 cm³/mol. The molecule has 24 heavy (non-hydrogen) atoms. The largest absolute Gasteiger partial charge is 0.465 e. The molecule has 0 aliphatic rings. The number of carbonyl (C=O) groups is 1. The van der Waals surface area contributed by atoms with Crippen LogP contribution < -0.4 is 4.72 Å². The second-order valence-electron chi connectivity index (χ2n) is 5.06. The maximum atomic E-state index is 12.3. The number of hydrogen-bond acceptors (Lipinski definition) is 6. The van der Waals surface area contributed by atoms with Crippen LogP contribution in [0.15, 0.2) is 53.1 Å². The maximum absolute atomic E-state index is 12.3. The third kappa shape index (κ3) is 3.38. The Morgan fingerprint density at radius 1 is 1.17 bits per heavy atom. The van der Waals surface area contributed by atoms with Crippen molar-refractivity contribution in [3.8, 4) is 0 Å². The molecule has 0 aliphatic heterocycles. The van der Waals surface area contributed by atoms with E-state index < -0.39 is 16.0 Å². The number of nitrogens with one attached hydrogen (secondary N) is 1. The minimum atomic E-state index is -3.68. The fourth-order valence-corrected chi connectivity index (χ4v) is 3.37. The summed E-state index contributed by atoms with van der Waals surface area (Å²) in [5.74, 6) is -0.804. The molecule has 0 bridgehead atoms. The lowest BCUT2D eigenvalue weighted by Crippen LogP contribution is -2.15. The number of hydrogen-bond donors (Lipinski definition) is 1. The van der Waals surface area contributed by atoms with Crippen LogP contribution in [0.2, 0.25) is 0 Å². The Kier molecular flexibility index (Phi) is 4.22. The SMILES string of the molecule is COC(=O)c1ccc(NS(=O)(=O)Cc2noc3ccccc23)cc1. The third-order valence-electron chi connectivity index (χ3n) is 3.36. The number of carbonyl (C=O) groups excluding carboxylic acids is 1. The van der Waals surface area contributed by atoms with Crippen molar-refractivity contribution in [2.75, 3.05) is 11.8 Å². The number of aromatic nitrogens is 1. The molecular formula is C16H14N2O5S. The first kappa shape index (κ1) is 16.0. The molecule has 1 aromatic heterocycles. The van der Waals surface area contributed by atoms with E-state index >= 15 is 0 Å². The van der Waals surface area contributed by atoms with E-state index in [4.69, 9.17) is 4.52 Å². The topological polar surface area (TPSA) is 98.5 Å². The molecule has 0 unspecified atom stereocenters. The molecule has 3 rings (SSSR count). The van der Waals surface area contributed by atoms with Gasteiger partial charge in [-0.15, -0.1) is 0 Å². The molecule has 0 saturated heterocycles. The van der Waals surface area contributed by atoms with E-state index in [1.165, 1.54) is 31.4 Å². The van der Waals surface area contributed by atoms with Gasteiger partial charge < -0.3 is 9.26 Å². The molecule has 7 nitrogen and oxygen atoms in total. The summed E-state index contributed by atoms with van der Waals surface area (Å²) in [6, 6.07) is 13.0. The molecule has 3 aromatic rings. The summed E-state index contributed by atoms with van der Waals surface area (Å²) in [7, 11) is -2.40. The van der Waals surface area contributed by atoms with Crippen molar-refractivity contribution in [2.24, 2.45) is 0 Å². The Balaban J connectivity index is 1.77. The Labute approximate surface area is 138 Å². The second-order valence-corrected chi connectivity index (χ2v) is 6.78. The Bertz CT molecular complexity index is 977. The van der Waals surface area contributed by atoms with Gasteiger partial charge in [-0.1, -0.05) is 17.3 Å². The van der Waals surface area contributed by atoms with Crippen molar-refractivity contribution < 1.29 is 22.5 Å². The first-order chi connectivity index (χ1) is 11.5. The summed E-state index contributed by atoms with van der Waals surface area (Å²) >= 11 is 0. The number of ether oxygens (including phenoxy) is 1. The van der Waals surface area contributed by atoms with E-state index in [0.29, 0.717) is 27.9 Å². The van der Waals surface area contributed by atoms with E-state index in [2.05, 4.69) is 14.6 Å². The number of benzene rings is 2. The number of rotatable bonds is 5. The number of sulfonamides is 1. The third-order valence-corrected chi connectivity index (χ3v) is 4.56. The van der Waals surface area contributed by atoms with Crippen LogP contribution in [0.4, 0.5) is 5.69 Å². The highest BCUT2D eigenvalue weighted by molar-refractivity contribution is 7.91. The summed E-state index contributed by atoms with van der Waals surface area (Å²) < 4.78 is 36.7. The maximum Gasteiger partial charge on any atom is 0.337 e. The van der Waals surface area contributed by atoms with Crippen LogP contribution in [0.1, 0.15) is 16.1 Å².